The van der Waals surface area contributed by atoms with Crippen molar-refractivity contribution in [2.45, 2.75) is 90.0 Å². The number of ether oxygens (including phenoxy) is 2. The van der Waals surface area contributed by atoms with Gasteiger partial charge in [-0.05, 0) is 84.2 Å². The van der Waals surface area contributed by atoms with Gasteiger partial charge in [-0.15, -0.1) is 0 Å². The monoisotopic (exact) mass is 646 g/mol. The Morgan fingerprint density at radius 1 is 1.11 bits per heavy atom. The van der Waals surface area contributed by atoms with E-state index in [2.05, 4.69) is 10.6 Å². The number of rotatable bonds is 8. The third-order valence-corrected chi connectivity index (χ3v) is 9.73. The molecule has 1 heterocycles. The molecular weight excluding hydrogens is 596 g/mol. The highest BCUT2D eigenvalue weighted by atomic mass is 32.2. The Hall–Kier alpha value is -3.19. The van der Waals surface area contributed by atoms with Gasteiger partial charge in [-0.2, -0.15) is 4.31 Å². The quantitative estimate of drug-likeness (QED) is 0.380. The summed E-state index contributed by atoms with van der Waals surface area (Å²) in [7, 11) is -2.24. The number of hydrogen-bond donors (Lipinski definition) is 3. The average molecular weight is 647 g/mol. The van der Waals surface area contributed by atoms with Crippen LogP contribution in [0.3, 0.4) is 0 Å². The molecule has 0 bridgehead atoms. The molecule has 2 aromatic rings. The van der Waals surface area contributed by atoms with Gasteiger partial charge in [-0.25, -0.2) is 13.2 Å². The molecule has 0 saturated carbocycles. The molecule has 0 saturated heterocycles. The number of nitrogens with one attached hydrogen (secondary N) is 2. The van der Waals surface area contributed by atoms with Gasteiger partial charge in [0.2, 0.25) is 10.0 Å². The van der Waals surface area contributed by atoms with Gasteiger partial charge >= 0.3 is 6.03 Å². The number of nitrogens with zero attached hydrogens (tertiary/aromatic N) is 2. The Bertz CT molecular complexity index is 1380. The minimum absolute atomic E-state index is 0.0726. The van der Waals surface area contributed by atoms with E-state index in [9.17, 15) is 23.1 Å². The highest BCUT2D eigenvalue weighted by Gasteiger charge is 2.32. The van der Waals surface area contributed by atoms with Crippen molar-refractivity contribution in [1.29, 1.82) is 0 Å². The number of urea groups is 1. The van der Waals surface area contributed by atoms with Gasteiger partial charge in [0.15, 0.2) is 0 Å². The third kappa shape index (κ3) is 10.2. The minimum Gasteiger partial charge on any atom is -0.490 e. The van der Waals surface area contributed by atoms with Crippen LogP contribution < -0.4 is 15.4 Å². The average Bonchev–Trinajstić information content (AvgIpc) is 2.98. The fraction of sp³-hybridized carbons (Fsp3) is 0.576. The van der Waals surface area contributed by atoms with Crippen LogP contribution in [0.25, 0.3) is 0 Å². The summed E-state index contributed by atoms with van der Waals surface area (Å²) in [4.78, 5) is 28.4. The molecule has 0 unspecified atom stereocenters. The Kier molecular flexibility index (Phi) is 13.2. The zero-order valence-electron chi connectivity index (χ0n) is 27.6. The normalized spacial score (nSPS) is 21.1. The Labute approximate surface area is 268 Å². The second-order valence-electron chi connectivity index (χ2n) is 12.4. The Morgan fingerprint density at radius 3 is 2.44 bits per heavy atom. The highest BCUT2D eigenvalue weighted by Crippen LogP contribution is 2.29. The van der Waals surface area contributed by atoms with Gasteiger partial charge < -0.3 is 30.1 Å². The van der Waals surface area contributed by atoms with Crippen molar-refractivity contribution in [2.24, 2.45) is 5.92 Å². The number of aryl methyl sites for hydroxylation is 1. The first-order valence-corrected chi connectivity index (χ1v) is 17.1. The van der Waals surface area contributed by atoms with Gasteiger partial charge in [-0.1, -0.05) is 24.6 Å². The molecular formula is C33H50N4O7S. The van der Waals surface area contributed by atoms with Crippen molar-refractivity contribution in [3.05, 3.63) is 53.6 Å². The van der Waals surface area contributed by atoms with Crippen LogP contribution in [-0.4, -0.2) is 92.3 Å². The smallest absolute Gasteiger partial charge is 0.319 e. The fourth-order valence-electron chi connectivity index (χ4n) is 5.13. The molecule has 0 spiro atoms. The summed E-state index contributed by atoms with van der Waals surface area (Å²) in [5.41, 5.74) is 1.64. The number of likely N-dealkylation sites (N-methyl/N-ethyl adjacent to an activating group) is 1. The molecule has 0 aliphatic carbocycles. The zero-order chi connectivity index (χ0) is 33.3. The second kappa shape index (κ2) is 16.4. The first kappa shape index (κ1) is 36.3. The molecule has 3 amide bonds. The summed E-state index contributed by atoms with van der Waals surface area (Å²) in [5.74, 6) is -0.295. The maximum atomic E-state index is 14.2. The van der Waals surface area contributed by atoms with E-state index in [1.54, 1.807) is 54.3 Å². The predicted molar refractivity (Wildman–Crippen MR) is 175 cm³/mol. The summed E-state index contributed by atoms with van der Waals surface area (Å²) in [6, 6.07) is 10.7. The summed E-state index contributed by atoms with van der Waals surface area (Å²) < 4.78 is 40.7. The summed E-state index contributed by atoms with van der Waals surface area (Å²) in [5, 5.41) is 15.7. The van der Waals surface area contributed by atoms with Crippen molar-refractivity contribution in [3.8, 4) is 5.75 Å². The lowest BCUT2D eigenvalue weighted by Crippen LogP contribution is -2.48. The number of carbonyl (C=O) groups excluding carboxylic acids is 2. The van der Waals surface area contributed by atoms with E-state index in [1.807, 2.05) is 34.6 Å². The number of carbonyl (C=O) groups is 2. The molecule has 3 rings (SSSR count). The van der Waals surface area contributed by atoms with Crippen LogP contribution in [0.2, 0.25) is 0 Å². The van der Waals surface area contributed by atoms with Crippen molar-refractivity contribution in [2.75, 3.05) is 38.7 Å². The molecule has 2 aromatic carbocycles. The summed E-state index contributed by atoms with van der Waals surface area (Å²) >= 11 is 0. The van der Waals surface area contributed by atoms with E-state index in [1.165, 1.54) is 11.4 Å². The van der Waals surface area contributed by atoms with Gasteiger partial charge in [0.05, 0.1) is 35.3 Å². The number of benzene rings is 2. The van der Waals surface area contributed by atoms with Crippen LogP contribution in [0.1, 0.15) is 69.8 Å². The SMILES string of the molecule is Cc1ccc(S(=O)(=O)N(C)C[C@H]2OCCCC[C@@H](C)Oc3ccc(NC(=O)NC(C)C)cc3C(=O)N([C@@H](C)CO)C[C@H]2C)cc1. The Balaban J connectivity index is 1.96. The van der Waals surface area contributed by atoms with E-state index in [4.69, 9.17) is 9.47 Å². The molecule has 0 aromatic heterocycles. The minimum atomic E-state index is -3.78. The molecule has 1 aliphatic heterocycles. The van der Waals surface area contributed by atoms with Gasteiger partial charge in [-0.3, -0.25) is 4.79 Å². The maximum absolute atomic E-state index is 14.2. The highest BCUT2D eigenvalue weighted by molar-refractivity contribution is 7.89. The number of aliphatic hydroxyl groups excluding tert-OH is 1. The molecule has 4 atom stereocenters. The Morgan fingerprint density at radius 2 is 1.80 bits per heavy atom. The van der Waals surface area contributed by atoms with Crippen LogP contribution in [0, 0.1) is 12.8 Å². The first-order valence-electron chi connectivity index (χ1n) is 15.7. The van der Waals surface area contributed by atoms with Crippen LogP contribution in [0.4, 0.5) is 10.5 Å². The number of hydrogen-bond acceptors (Lipinski definition) is 7. The van der Waals surface area contributed by atoms with Crippen molar-refractivity contribution in [3.63, 3.8) is 0 Å². The number of aliphatic hydroxyl groups is 1. The van der Waals surface area contributed by atoms with Crippen LogP contribution >= 0.6 is 0 Å². The molecule has 0 radical (unpaired) electrons. The molecule has 3 N–H and O–H groups in total. The second-order valence-corrected chi connectivity index (χ2v) is 14.4. The number of sulfonamides is 1. The molecule has 45 heavy (non-hydrogen) atoms. The van der Waals surface area contributed by atoms with Crippen molar-refractivity contribution < 1.29 is 32.6 Å². The zero-order valence-corrected chi connectivity index (χ0v) is 28.4. The molecule has 12 heteroatoms. The van der Waals surface area contributed by atoms with Gasteiger partial charge in [0.25, 0.3) is 5.91 Å². The maximum Gasteiger partial charge on any atom is 0.319 e. The van der Waals surface area contributed by atoms with E-state index in [0.29, 0.717) is 24.5 Å². The van der Waals surface area contributed by atoms with Gasteiger partial charge in [0, 0.05) is 44.4 Å². The number of anilines is 1. The lowest BCUT2D eigenvalue weighted by Gasteiger charge is -2.35. The van der Waals surface area contributed by atoms with E-state index < -0.39 is 28.2 Å². The lowest BCUT2D eigenvalue weighted by atomic mass is 10.0. The van der Waals surface area contributed by atoms with Gasteiger partial charge in [0.1, 0.15) is 5.75 Å². The van der Waals surface area contributed by atoms with Crippen molar-refractivity contribution in [1.82, 2.24) is 14.5 Å². The van der Waals surface area contributed by atoms with E-state index in [-0.39, 0.29) is 54.1 Å². The largest absolute Gasteiger partial charge is 0.490 e. The summed E-state index contributed by atoms with van der Waals surface area (Å²) in [6.45, 7) is 11.6. The molecule has 0 fully saturated rings. The van der Waals surface area contributed by atoms with E-state index in [0.717, 1.165) is 18.4 Å². The molecule has 1 aliphatic rings. The van der Waals surface area contributed by atoms with Crippen LogP contribution in [0.15, 0.2) is 47.4 Å². The topological polar surface area (TPSA) is 138 Å². The standard InChI is InChI=1S/C33H50N4O7S/c1-22(2)34-33(40)35-27-13-16-30-29(18-27)32(39)37(25(5)21-38)19-24(4)31(43-17-9-8-10-26(6)44-30)20-36(7)45(41,42)28-14-11-23(3)12-15-28/h11-16,18,22,24-26,31,38H,8-10,17,19-21H2,1-7H3,(H2,34,35,40)/t24-,25+,26-,31-/m1/s1. The summed E-state index contributed by atoms with van der Waals surface area (Å²) in [6.07, 6.45) is 1.55. The number of fused-ring (bicyclic) bond motifs is 1. The van der Waals surface area contributed by atoms with Crippen molar-refractivity contribution >= 4 is 27.6 Å². The lowest BCUT2D eigenvalue weighted by molar-refractivity contribution is -0.00833. The predicted octanol–water partition coefficient (Wildman–Crippen LogP) is 4.64. The first-order chi connectivity index (χ1) is 21.2. The van der Waals surface area contributed by atoms with Crippen LogP contribution in [-0.2, 0) is 14.8 Å². The van der Waals surface area contributed by atoms with E-state index >= 15 is 0 Å². The fourth-order valence-corrected chi connectivity index (χ4v) is 6.32. The van der Waals surface area contributed by atoms with Crippen LogP contribution in [0.5, 0.6) is 5.75 Å². The number of amides is 3. The molecule has 250 valence electrons. The molecule has 11 nitrogen and oxygen atoms in total. The third-order valence-electron chi connectivity index (χ3n) is 7.90.